The number of hydrogen-bond acceptors (Lipinski definition) is 3. The molecule has 0 aliphatic carbocycles. The number of thiophene rings is 1. The van der Waals surface area contributed by atoms with Crippen LogP contribution < -0.4 is 5.32 Å². The highest BCUT2D eigenvalue weighted by Gasteiger charge is 2.19. The van der Waals surface area contributed by atoms with Crippen LogP contribution in [0.2, 0.25) is 0 Å². The second-order valence-electron chi connectivity index (χ2n) is 8.83. The van der Waals surface area contributed by atoms with E-state index in [1.54, 1.807) is 6.07 Å². The van der Waals surface area contributed by atoms with Crippen LogP contribution in [0.25, 0.3) is 0 Å². The minimum Gasteiger partial charge on any atom is -0.349 e. The van der Waals surface area contributed by atoms with Gasteiger partial charge in [0.2, 0.25) is 0 Å². The number of carbonyl (C=O) groups is 2. The Labute approximate surface area is 203 Å². The quantitative estimate of drug-likeness (QED) is 0.107. The van der Waals surface area contributed by atoms with Gasteiger partial charge in [-0.3, -0.25) is 9.59 Å². The topological polar surface area (TPSA) is 46.2 Å². The zero-order valence-electron chi connectivity index (χ0n) is 19.9. The maximum Gasteiger partial charge on any atom is 0.293 e. The van der Waals surface area contributed by atoms with Crippen LogP contribution in [-0.4, -0.2) is 18.2 Å². The molecule has 1 aromatic heterocycles. The standard InChI is InChI=1S/C26H44BrNO2S/c1-3-5-7-9-11-12-14-16-18-22(17-15-13-10-8-6-4-2)21-28-26(30)25(29)23-19-20-24(27)31-23/h19-20,22H,3-18,21H2,1-2H3,(H,28,30). The fourth-order valence-corrected chi connectivity index (χ4v) is 5.32. The van der Waals surface area contributed by atoms with E-state index >= 15 is 0 Å². The summed E-state index contributed by atoms with van der Waals surface area (Å²) in [7, 11) is 0. The number of carbonyl (C=O) groups excluding carboxylic acids is 2. The van der Waals surface area contributed by atoms with E-state index in [1.165, 1.54) is 101 Å². The first kappa shape index (κ1) is 28.4. The molecule has 0 aromatic carbocycles. The molecule has 0 aliphatic heterocycles. The Kier molecular flexibility index (Phi) is 17.2. The zero-order chi connectivity index (χ0) is 22.7. The van der Waals surface area contributed by atoms with E-state index in [0.717, 1.165) is 16.6 Å². The smallest absolute Gasteiger partial charge is 0.293 e. The van der Waals surface area contributed by atoms with E-state index < -0.39 is 11.7 Å². The molecular formula is C26H44BrNO2S. The Balaban J connectivity index is 2.34. The van der Waals surface area contributed by atoms with E-state index in [2.05, 4.69) is 35.1 Å². The summed E-state index contributed by atoms with van der Waals surface area (Å²) in [5, 5.41) is 2.93. The average molecular weight is 515 g/mol. The SMILES string of the molecule is CCCCCCCCCCC(CCCCCCCC)CNC(=O)C(=O)c1ccc(Br)s1. The Morgan fingerprint density at radius 2 is 1.29 bits per heavy atom. The number of ketones is 1. The zero-order valence-corrected chi connectivity index (χ0v) is 22.3. The minimum atomic E-state index is -0.460. The molecule has 5 heteroatoms. The van der Waals surface area contributed by atoms with Gasteiger partial charge in [-0.25, -0.2) is 0 Å². The van der Waals surface area contributed by atoms with E-state index in [4.69, 9.17) is 0 Å². The number of hydrogen-bond donors (Lipinski definition) is 1. The first-order chi connectivity index (χ1) is 15.1. The lowest BCUT2D eigenvalue weighted by Crippen LogP contribution is -2.34. The predicted octanol–water partition coefficient (Wildman–Crippen LogP) is 8.71. The molecule has 1 rings (SSSR count). The molecule has 1 unspecified atom stereocenters. The van der Waals surface area contributed by atoms with Gasteiger partial charge in [-0.2, -0.15) is 0 Å². The summed E-state index contributed by atoms with van der Waals surface area (Å²) in [5.41, 5.74) is 0. The maximum absolute atomic E-state index is 12.3. The maximum atomic E-state index is 12.3. The van der Waals surface area contributed by atoms with Crippen LogP contribution >= 0.6 is 27.3 Å². The van der Waals surface area contributed by atoms with Gasteiger partial charge in [-0.1, -0.05) is 104 Å². The van der Waals surface area contributed by atoms with E-state index in [9.17, 15) is 9.59 Å². The van der Waals surface area contributed by atoms with Gasteiger partial charge in [0.25, 0.3) is 11.7 Å². The molecule has 31 heavy (non-hydrogen) atoms. The van der Waals surface area contributed by atoms with Crippen molar-refractivity contribution in [2.24, 2.45) is 5.92 Å². The third-order valence-corrected chi connectivity index (χ3v) is 7.61. The first-order valence-corrected chi connectivity index (χ1v) is 14.3. The van der Waals surface area contributed by atoms with Crippen molar-refractivity contribution >= 4 is 39.0 Å². The van der Waals surface area contributed by atoms with Crippen molar-refractivity contribution in [3.63, 3.8) is 0 Å². The summed E-state index contributed by atoms with van der Waals surface area (Å²) in [6.07, 6.45) is 20.7. The molecule has 3 nitrogen and oxygen atoms in total. The van der Waals surface area contributed by atoms with Gasteiger partial charge in [0, 0.05) is 6.54 Å². The first-order valence-electron chi connectivity index (χ1n) is 12.7. The number of rotatable bonds is 20. The number of halogens is 1. The van der Waals surface area contributed by atoms with Crippen LogP contribution in [0.3, 0.4) is 0 Å². The van der Waals surface area contributed by atoms with Crippen molar-refractivity contribution in [1.82, 2.24) is 5.32 Å². The van der Waals surface area contributed by atoms with Gasteiger partial charge in [0.15, 0.2) is 0 Å². The molecule has 0 spiro atoms. The average Bonchev–Trinajstić information content (AvgIpc) is 3.21. The highest BCUT2D eigenvalue weighted by molar-refractivity contribution is 9.11. The Morgan fingerprint density at radius 1 is 0.806 bits per heavy atom. The molecule has 1 amide bonds. The molecule has 1 N–H and O–H groups in total. The van der Waals surface area contributed by atoms with Gasteiger partial charge < -0.3 is 5.32 Å². The number of Topliss-reactive ketones (excluding diaryl/α,β-unsaturated/α-hetero) is 1. The summed E-state index contributed by atoms with van der Waals surface area (Å²) in [5.74, 6) is -0.391. The third kappa shape index (κ3) is 14.2. The van der Waals surface area contributed by atoms with E-state index in [-0.39, 0.29) is 0 Å². The lowest BCUT2D eigenvalue weighted by Gasteiger charge is -2.17. The second-order valence-corrected chi connectivity index (χ2v) is 11.3. The highest BCUT2D eigenvalue weighted by atomic mass is 79.9. The lowest BCUT2D eigenvalue weighted by atomic mass is 9.94. The molecule has 0 fully saturated rings. The Hall–Kier alpha value is -0.680. The fraction of sp³-hybridized carbons (Fsp3) is 0.769. The molecule has 0 bridgehead atoms. The number of amides is 1. The monoisotopic (exact) mass is 513 g/mol. The second kappa shape index (κ2) is 18.8. The van der Waals surface area contributed by atoms with Gasteiger partial charge in [-0.15, -0.1) is 11.3 Å². The fourth-order valence-electron chi connectivity index (χ4n) is 3.99. The van der Waals surface area contributed by atoms with E-state index in [0.29, 0.717) is 17.3 Å². The Morgan fingerprint density at radius 3 is 1.74 bits per heavy atom. The normalized spacial score (nSPS) is 12.1. The van der Waals surface area contributed by atoms with Crippen LogP contribution in [0.4, 0.5) is 0 Å². The molecule has 178 valence electrons. The van der Waals surface area contributed by atoms with E-state index in [1.807, 2.05) is 6.07 Å². The summed E-state index contributed by atoms with van der Waals surface area (Å²) < 4.78 is 0.874. The lowest BCUT2D eigenvalue weighted by molar-refractivity contribution is -0.117. The van der Waals surface area contributed by atoms with Crippen LogP contribution in [0.5, 0.6) is 0 Å². The van der Waals surface area contributed by atoms with Gasteiger partial charge in [-0.05, 0) is 46.8 Å². The predicted molar refractivity (Wildman–Crippen MR) is 138 cm³/mol. The molecule has 0 saturated heterocycles. The summed E-state index contributed by atoms with van der Waals surface area (Å²) in [4.78, 5) is 25.2. The molecular weight excluding hydrogens is 470 g/mol. The van der Waals surface area contributed by atoms with Crippen molar-refractivity contribution in [2.45, 2.75) is 117 Å². The number of unbranched alkanes of at least 4 members (excludes halogenated alkanes) is 12. The molecule has 0 aliphatic rings. The molecule has 0 saturated carbocycles. The van der Waals surface area contributed by atoms with Crippen molar-refractivity contribution < 1.29 is 9.59 Å². The van der Waals surface area contributed by atoms with Crippen LogP contribution in [0, 0.1) is 5.92 Å². The van der Waals surface area contributed by atoms with Crippen LogP contribution in [-0.2, 0) is 4.79 Å². The summed E-state index contributed by atoms with van der Waals surface area (Å²) >= 11 is 4.67. The van der Waals surface area contributed by atoms with Crippen molar-refractivity contribution in [3.8, 4) is 0 Å². The summed E-state index contributed by atoms with van der Waals surface area (Å²) in [6.45, 7) is 5.14. The van der Waals surface area contributed by atoms with Crippen molar-refractivity contribution in [1.29, 1.82) is 0 Å². The molecule has 0 radical (unpaired) electrons. The Bertz CT molecular complexity index is 602. The van der Waals surface area contributed by atoms with Crippen molar-refractivity contribution in [3.05, 3.63) is 20.8 Å². The van der Waals surface area contributed by atoms with Crippen LogP contribution in [0.1, 0.15) is 126 Å². The summed E-state index contributed by atoms with van der Waals surface area (Å²) in [6, 6.07) is 3.53. The van der Waals surface area contributed by atoms with Gasteiger partial charge in [0.1, 0.15) is 0 Å². The minimum absolute atomic E-state index is 0.416. The molecule has 1 heterocycles. The number of nitrogens with one attached hydrogen (secondary N) is 1. The van der Waals surface area contributed by atoms with Gasteiger partial charge >= 0.3 is 0 Å². The van der Waals surface area contributed by atoms with Crippen LogP contribution in [0.15, 0.2) is 15.9 Å². The largest absolute Gasteiger partial charge is 0.349 e. The molecule has 1 atom stereocenters. The highest BCUT2D eigenvalue weighted by Crippen LogP contribution is 2.23. The van der Waals surface area contributed by atoms with Gasteiger partial charge in [0.05, 0.1) is 8.66 Å². The molecule has 1 aromatic rings. The third-order valence-electron chi connectivity index (χ3n) is 5.99. The van der Waals surface area contributed by atoms with Crippen molar-refractivity contribution in [2.75, 3.05) is 6.54 Å².